The Labute approximate surface area is 127 Å². The van der Waals surface area contributed by atoms with Gasteiger partial charge in [-0.2, -0.15) is 10.4 Å². The number of carbonyl (C=O) groups excluding carboxylic acids is 1. The van der Waals surface area contributed by atoms with E-state index in [4.69, 9.17) is 10.00 Å². The van der Waals surface area contributed by atoms with E-state index in [-0.39, 0.29) is 11.7 Å². The van der Waals surface area contributed by atoms with Gasteiger partial charge in [0.25, 0.3) is 5.91 Å². The number of nitriles is 1. The molecule has 2 rings (SSSR count). The number of ether oxygens (including phenoxy) is 1. The lowest BCUT2D eigenvalue weighted by Crippen LogP contribution is -2.17. The zero-order valence-electron chi connectivity index (χ0n) is 11.8. The van der Waals surface area contributed by atoms with Crippen LogP contribution in [-0.4, -0.2) is 24.3 Å². The van der Waals surface area contributed by atoms with Crippen molar-refractivity contribution in [3.05, 3.63) is 59.2 Å². The molecule has 110 valence electrons. The molecule has 0 aliphatic rings. The van der Waals surface area contributed by atoms with Crippen LogP contribution in [0.25, 0.3) is 0 Å². The van der Waals surface area contributed by atoms with Gasteiger partial charge in [-0.3, -0.25) is 4.79 Å². The number of hydrogen-bond donors (Lipinski definition) is 2. The van der Waals surface area contributed by atoms with Crippen LogP contribution in [0.15, 0.2) is 47.6 Å². The number of aromatic hydroxyl groups is 1. The fourth-order valence-corrected chi connectivity index (χ4v) is 1.70. The van der Waals surface area contributed by atoms with Crippen molar-refractivity contribution in [3.63, 3.8) is 0 Å². The van der Waals surface area contributed by atoms with Crippen molar-refractivity contribution in [2.75, 3.05) is 7.11 Å². The maximum Gasteiger partial charge on any atom is 0.271 e. The smallest absolute Gasteiger partial charge is 0.271 e. The molecule has 22 heavy (non-hydrogen) atoms. The molecule has 0 heterocycles. The van der Waals surface area contributed by atoms with Crippen molar-refractivity contribution < 1.29 is 14.6 Å². The first kappa shape index (κ1) is 15.1. The zero-order chi connectivity index (χ0) is 15.9. The molecule has 2 aromatic carbocycles. The fraction of sp³-hybridized carbons (Fsp3) is 0.0625. The van der Waals surface area contributed by atoms with Crippen molar-refractivity contribution in [2.24, 2.45) is 5.10 Å². The summed E-state index contributed by atoms with van der Waals surface area (Å²) in [6.07, 6.45) is 1.43. The van der Waals surface area contributed by atoms with Crippen LogP contribution in [0.3, 0.4) is 0 Å². The van der Waals surface area contributed by atoms with Gasteiger partial charge < -0.3 is 9.84 Å². The molecule has 6 heteroatoms. The van der Waals surface area contributed by atoms with E-state index in [2.05, 4.69) is 10.5 Å². The molecule has 0 saturated heterocycles. The Morgan fingerprint density at radius 3 is 2.68 bits per heavy atom. The second-order valence-electron chi connectivity index (χ2n) is 4.32. The second kappa shape index (κ2) is 6.90. The van der Waals surface area contributed by atoms with E-state index >= 15 is 0 Å². The molecule has 0 aliphatic carbocycles. The van der Waals surface area contributed by atoms with Crippen LogP contribution in [0.1, 0.15) is 21.5 Å². The SMILES string of the molecule is COc1cc(/C=N/NC(=O)c2ccc(C#N)cc2)ccc1O. The summed E-state index contributed by atoms with van der Waals surface area (Å²) in [6, 6.07) is 12.9. The number of benzene rings is 2. The van der Waals surface area contributed by atoms with Gasteiger partial charge in [0.05, 0.1) is 25.0 Å². The van der Waals surface area contributed by atoms with E-state index in [0.717, 1.165) is 0 Å². The van der Waals surface area contributed by atoms with E-state index < -0.39 is 0 Å². The van der Waals surface area contributed by atoms with Crippen LogP contribution < -0.4 is 10.2 Å². The number of hydrazone groups is 1. The summed E-state index contributed by atoms with van der Waals surface area (Å²) in [4.78, 5) is 11.8. The Hall–Kier alpha value is -3.33. The minimum absolute atomic E-state index is 0.0290. The normalized spacial score (nSPS) is 10.2. The molecule has 0 spiro atoms. The maximum atomic E-state index is 11.8. The summed E-state index contributed by atoms with van der Waals surface area (Å²) < 4.78 is 4.98. The number of nitrogens with one attached hydrogen (secondary N) is 1. The lowest BCUT2D eigenvalue weighted by molar-refractivity contribution is 0.0955. The Morgan fingerprint density at radius 2 is 2.05 bits per heavy atom. The highest BCUT2D eigenvalue weighted by molar-refractivity contribution is 5.95. The first-order valence-corrected chi connectivity index (χ1v) is 6.34. The third-order valence-corrected chi connectivity index (χ3v) is 2.86. The number of methoxy groups -OCH3 is 1. The van der Waals surface area contributed by atoms with Gasteiger partial charge in [-0.25, -0.2) is 5.43 Å². The molecule has 0 fully saturated rings. The van der Waals surface area contributed by atoms with E-state index in [1.54, 1.807) is 36.4 Å². The lowest BCUT2D eigenvalue weighted by atomic mass is 10.1. The minimum atomic E-state index is -0.383. The molecule has 2 N–H and O–H groups in total. The quantitative estimate of drug-likeness (QED) is 0.666. The molecule has 0 saturated carbocycles. The molecule has 0 bridgehead atoms. The number of nitrogens with zero attached hydrogens (tertiary/aromatic N) is 2. The van der Waals surface area contributed by atoms with Gasteiger partial charge in [0.2, 0.25) is 0 Å². The molecule has 0 aromatic heterocycles. The van der Waals surface area contributed by atoms with Gasteiger partial charge >= 0.3 is 0 Å². The summed E-state index contributed by atoms with van der Waals surface area (Å²) in [7, 11) is 1.45. The van der Waals surface area contributed by atoms with Crippen LogP contribution in [0.4, 0.5) is 0 Å². The van der Waals surface area contributed by atoms with Gasteiger partial charge in [-0.05, 0) is 48.0 Å². The van der Waals surface area contributed by atoms with Crippen molar-refractivity contribution in [1.82, 2.24) is 5.43 Å². The Morgan fingerprint density at radius 1 is 1.32 bits per heavy atom. The van der Waals surface area contributed by atoms with Crippen LogP contribution in [0.5, 0.6) is 11.5 Å². The minimum Gasteiger partial charge on any atom is -0.504 e. The maximum absolute atomic E-state index is 11.8. The lowest BCUT2D eigenvalue weighted by Gasteiger charge is -2.03. The highest BCUT2D eigenvalue weighted by atomic mass is 16.5. The molecule has 0 radical (unpaired) electrons. The summed E-state index contributed by atoms with van der Waals surface area (Å²) in [5.74, 6) is -0.0323. The Bertz CT molecular complexity index is 746. The van der Waals surface area contributed by atoms with Gasteiger partial charge in [-0.15, -0.1) is 0 Å². The summed E-state index contributed by atoms with van der Waals surface area (Å²) in [5.41, 5.74) is 3.93. The number of rotatable bonds is 4. The van der Waals surface area contributed by atoms with E-state index in [1.165, 1.54) is 19.4 Å². The average Bonchev–Trinajstić information content (AvgIpc) is 2.56. The first-order valence-electron chi connectivity index (χ1n) is 6.34. The van der Waals surface area contributed by atoms with E-state index in [0.29, 0.717) is 22.4 Å². The fourth-order valence-electron chi connectivity index (χ4n) is 1.70. The monoisotopic (exact) mass is 295 g/mol. The highest BCUT2D eigenvalue weighted by Crippen LogP contribution is 2.25. The summed E-state index contributed by atoms with van der Waals surface area (Å²) in [6.45, 7) is 0. The molecule has 6 nitrogen and oxygen atoms in total. The van der Waals surface area contributed by atoms with Gasteiger partial charge in [0.1, 0.15) is 0 Å². The van der Waals surface area contributed by atoms with Crippen LogP contribution in [0, 0.1) is 11.3 Å². The summed E-state index contributed by atoms with van der Waals surface area (Å²) in [5, 5.41) is 22.0. The molecule has 0 aliphatic heterocycles. The Kier molecular flexibility index (Phi) is 4.73. The molecule has 0 atom stereocenters. The van der Waals surface area contributed by atoms with E-state index in [9.17, 15) is 9.90 Å². The molecular formula is C16H13N3O3. The van der Waals surface area contributed by atoms with Crippen LogP contribution in [-0.2, 0) is 0 Å². The summed E-state index contributed by atoms with van der Waals surface area (Å²) >= 11 is 0. The average molecular weight is 295 g/mol. The zero-order valence-corrected chi connectivity index (χ0v) is 11.8. The predicted molar refractivity (Wildman–Crippen MR) is 80.9 cm³/mol. The van der Waals surface area contributed by atoms with Crippen molar-refractivity contribution in [3.8, 4) is 17.6 Å². The largest absolute Gasteiger partial charge is 0.504 e. The first-order chi connectivity index (χ1) is 10.6. The van der Waals surface area contributed by atoms with Gasteiger partial charge in [0, 0.05) is 5.56 Å². The van der Waals surface area contributed by atoms with E-state index in [1.807, 2.05) is 6.07 Å². The van der Waals surface area contributed by atoms with Crippen molar-refractivity contribution >= 4 is 12.1 Å². The molecule has 2 aromatic rings. The van der Waals surface area contributed by atoms with Gasteiger partial charge in [-0.1, -0.05) is 0 Å². The van der Waals surface area contributed by atoms with Crippen LogP contribution >= 0.6 is 0 Å². The topological polar surface area (TPSA) is 94.7 Å². The third-order valence-electron chi connectivity index (χ3n) is 2.86. The highest BCUT2D eigenvalue weighted by Gasteiger charge is 2.04. The predicted octanol–water partition coefficient (Wildman–Crippen LogP) is 2.04. The molecular weight excluding hydrogens is 282 g/mol. The number of hydrogen-bond acceptors (Lipinski definition) is 5. The number of phenolic OH excluding ortho intramolecular Hbond substituents is 1. The van der Waals surface area contributed by atoms with Crippen molar-refractivity contribution in [2.45, 2.75) is 0 Å². The van der Waals surface area contributed by atoms with Gasteiger partial charge in [0.15, 0.2) is 11.5 Å². The van der Waals surface area contributed by atoms with Crippen LogP contribution in [0.2, 0.25) is 0 Å². The molecule has 0 unspecified atom stereocenters. The number of carbonyl (C=O) groups is 1. The number of phenols is 1. The Balaban J connectivity index is 2.02. The second-order valence-corrected chi connectivity index (χ2v) is 4.32. The third kappa shape index (κ3) is 3.61. The number of amides is 1. The standard InChI is InChI=1S/C16H13N3O3/c1-22-15-8-12(4-7-14(15)20)10-18-19-16(21)13-5-2-11(9-17)3-6-13/h2-8,10,20H,1H3,(H,19,21)/b18-10+. The van der Waals surface area contributed by atoms with Crippen molar-refractivity contribution in [1.29, 1.82) is 5.26 Å². The molecule has 1 amide bonds.